The summed E-state index contributed by atoms with van der Waals surface area (Å²) in [6.07, 6.45) is 4.05. The first kappa shape index (κ1) is 11.5. The summed E-state index contributed by atoms with van der Waals surface area (Å²) in [4.78, 5) is 10.9. The van der Waals surface area contributed by atoms with Gasteiger partial charge in [0.1, 0.15) is 0 Å². The van der Waals surface area contributed by atoms with E-state index in [2.05, 4.69) is 23.4 Å². The zero-order valence-corrected chi connectivity index (χ0v) is 9.03. The van der Waals surface area contributed by atoms with Crippen LogP contribution in [0.4, 0.5) is 0 Å². The first-order chi connectivity index (χ1) is 7.26. The zero-order chi connectivity index (χ0) is 11.1. The van der Waals surface area contributed by atoms with Gasteiger partial charge in [-0.3, -0.25) is 4.79 Å². The second-order valence-electron chi connectivity index (χ2n) is 3.38. The highest BCUT2D eigenvalue weighted by molar-refractivity contribution is 5.69. The lowest BCUT2D eigenvalue weighted by Crippen LogP contribution is -2.00. The molecule has 2 nitrogen and oxygen atoms in total. The smallest absolute Gasteiger partial charge is 0.305 e. The molecule has 0 aliphatic heterocycles. The maximum absolute atomic E-state index is 10.9. The Morgan fingerprint density at radius 3 is 2.60 bits per heavy atom. The minimum Gasteiger partial charge on any atom is -0.469 e. The Balaban J connectivity index is 2.37. The van der Waals surface area contributed by atoms with Crippen LogP contribution in [-0.2, 0) is 16.0 Å². The van der Waals surface area contributed by atoms with Gasteiger partial charge in [-0.2, -0.15) is 0 Å². The van der Waals surface area contributed by atoms with Crippen LogP contribution >= 0.6 is 0 Å². The van der Waals surface area contributed by atoms with Crippen LogP contribution < -0.4 is 0 Å². The Morgan fingerprint density at radius 1 is 1.40 bits per heavy atom. The molecule has 0 spiro atoms. The second-order valence-corrected chi connectivity index (χ2v) is 3.38. The number of carbonyl (C=O) groups excluding carboxylic acids is 1. The van der Waals surface area contributed by atoms with Gasteiger partial charge in [0.15, 0.2) is 0 Å². The molecule has 0 atom stereocenters. The molecule has 0 saturated carbocycles. The van der Waals surface area contributed by atoms with E-state index in [4.69, 9.17) is 0 Å². The van der Waals surface area contributed by atoms with Crippen molar-refractivity contribution < 1.29 is 9.53 Å². The molecule has 15 heavy (non-hydrogen) atoms. The second kappa shape index (κ2) is 6.02. The molecule has 1 aromatic carbocycles. The normalized spacial score (nSPS) is 9.67. The van der Waals surface area contributed by atoms with Gasteiger partial charge in [-0.1, -0.05) is 36.9 Å². The van der Waals surface area contributed by atoms with Crippen LogP contribution in [0.2, 0.25) is 0 Å². The van der Waals surface area contributed by atoms with E-state index >= 15 is 0 Å². The molecule has 0 bridgehead atoms. The summed E-state index contributed by atoms with van der Waals surface area (Å²) >= 11 is 0. The Labute approximate surface area is 90.6 Å². The Hall–Kier alpha value is -1.57. The molecule has 0 N–H and O–H groups in total. The fraction of sp³-hybridized carbons (Fsp3) is 0.308. The van der Waals surface area contributed by atoms with E-state index < -0.39 is 0 Å². The van der Waals surface area contributed by atoms with Crippen molar-refractivity contribution in [2.75, 3.05) is 7.11 Å². The zero-order valence-electron chi connectivity index (χ0n) is 9.03. The van der Waals surface area contributed by atoms with Crippen LogP contribution in [0, 0.1) is 0 Å². The summed E-state index contributed by atoms with van der Waals surface area (Å²) in [6, 6.07) is 8.18. The number of esters is 1. The molecule has 0 heterocycles. The molecule has 0 aliphatic rings. The van der Waals surface area contributed by atoms with Crippen LogP contribution in [-0.4, -0.2) is 13.1 Å². The molecule has 0 fully saturated rings. The highest BCUT2D eigenvalue weighted by Crippen LogP contribution is 2.08. The lowest BCUT2D eigenvalue weighted by atomic mass is 10.1. The largest absolute Gasteiger partial charge is 0.469 e. The predicted octanol–water partition coefficient (Wildman–Crippen LogP) is 2.83. The van der Waals surface area contributed by atoms with E-state index in [0.29, 0.717) is 6.42 Å². The molecule has 0 saturated heterocycles. The van der Waals surface area contributed by atoms with E-state index in [1.54, 1.807) is 0 Å². The van der Waals surface area contributed by atoms with Crippen molar-refractivity contribution in [3.63, 3.8) is 0 Å². The molecule has 0 radical (unpaired) electrons. The minimum atomic E-state index is -0.141. The van der Waals surface area contributed by atoms with Crippen molar-refractivity contribution in [2.45, 2.75) is 19.3 Å². The Bertz CT molecular complexity index is 325. The minimum absolute atomic E-state index is 0.141. The molecule has 0 amide bonds. The number of methoxy groups -OCH3 is 1. The van der Waals surface area contributed by atoms with Gasteiger partial charge in [-0.15, -0.1) is 0 Å². The average Bonchev–Trinajstić information content (AvgIpc) is 2.29. The number of carbonyl (C=O) groups is 1. The van der Waals surface area contributed by atoms with Gasteiger partial charge in [0.25, 0.3) is 0 Å². The summed E-state index contributed by atoms with van der Waals surface area (Å²) in [6.45, 7) is 3.70. The SMILES string of the molecule is C=Cc1ccc(CCCC(=O)OC)cc1. The maximum Gasteiger partial charge on any atom is 0.305 e. The van der Waals surface area contributed by atoms with Crippen molar-refractivity contribution in [1.29, 1.82) is 0 Å². The Kier molecular flexibility index (Phi) is 4.61. The number of ether oxygens (including phenoxy) is 1. The molecule has 1 aromatic rings. The fourth-order valence-corrected chi connectivity index (χ4v) is 1.36. The van der Waals surface area contributed by atoms with Crippen LogP contribution in [0.25, 0.3) is 6.08 Å². The van der Waals surface area contributed by atoms with Gasteiger partial charge in [0, 0.05) is 6.42 Å². The van der Waals surface area contributed by atoms with Crippen molar-refractivity contribution in [3.8, 4) is 0 Å². The van der Waals surface area contributed by atoms with Gasteiger partial charge < -0.3 is 4.74 Å². The number of aryl methyl sites for hydroxylation is 1. The number of hydrogen-bond donors (Lipinski definition) is 0. The van der Waals surface area contributed by atoms with E-state index in [-0.39, 0.29) is 5.97 Å². The molecular weight excluding hydrogens is 188 g/mol. The van der Waals surface area contributed by atoms with Crippen LogP contribution in [0.1, 0.15) is 24.0 Å². The molecule has 2 heteroatoms. The quantitative estimate of drug-likeness (QED) is 0.689. The molecule has 80 valence electrons. The molecule has 0 aromatic heterocycles. The van der Waals surface area contributed by atoms with Crippen molar-refractivity contribution >= 4 is 12.0 Å². The molecule has 0 unspecified atom stereocenters. The average molecular weight is 204 g/mol. The van der Waals surface area contributed by atoms with Crippen LogP contribution in [0.15, 0.2) is 30.8 Å². The van der Waals surface area contributed by atoms with Gasteiger partial charge in [-0.05, 0) is 24.0 Å². The van der Waals surface area contributed by atoms with Crippen molar-refractivity contribution in [2.24, 2.45) is 0 Å². The number of rotatable bonds is 5. The number of hydrogen-bond acceptors (Lipinski definition) is 2. The van der Waals surface area contributed by atoms with Crippen LogP contribution in [0.3, 0.4) is 0 Å². The van der Waals surface area contributed by atoms with E-state index in [9.17, 15) is 4.79 Å². The monoisotopic (exact) mass is 204 g/mol. The molecule has 0 aliphatic carbocycles. The van der Waals surface area contributed by atoms with Gasteiger partial charge in [-0.25, -0.2) is 0 Å². The van der Waals surface area contributed by atoms with Gasteiger partial charge >= 0.3 is 5.97 Å². The first-order valence-electron chi connectivity index (χ1n) is 5.04. The van der Waals surface area contributed by atoms with E-state index in [1.165, 1.54) is 12.7 Å². The van der Waals surface area contributed by atoms with Gasteiger partial charge in [0.05, 0.1) is 7.11 Å². The van der Waals surface area contributed by atoms with Gasteiger partial charge in [0.2, 0.25) is 0 Å². The summed E-state index contributed by atoms with van der Waals surface area (Å²) < 4.78 is 4.57. The summed E-state index contributed by atoms with van der Waals surface area (Å²) in [7, 11) is 1.42. The highest BCUT2D eigenvalue weighted by Gasteiger charge is 2.00. The lowest BCUT2D eigenvalue weighted by Gasteiger charge is -2.01. The highest BCUT2D eigenvalue weighted by atomic mass is 16.5. The lowest BCUT2D eigenvalue weighted by molar-refractivity contribution is -0.140. The predicted molar refractivity (Wildman–Crippen MR) is 61.5 cm³/mol. The standard InChI is InChI=1S/C13H16O2/c1-3-11-7-9-12(10-8-11)5-4-6-13(14)15-2/h3,7-10H,1,4-6H2,2H3. The summed E-state index contributed by atoms with van der Waals surface area (Å²) in [5.41, 5.74) is 2.36. The maximum atomic E-state index is 10.9. The third-order valence-electron chi connectivity index (χ3n) is 2.29. The third-order valence-corrected chi connectivity index (χ3v) is 2.29. The fourth-order valence-electron chi connectivity index (χ4n) is 1.36. The first-order valence-corrected chi connectivity index (χ1v) is 5.04. The topological polar surface area (TPSA) is 26.3 Å². The van der Waals surface area contributed by atoms with E-state index in [0.717, 1.165) is 18.4 Å². The van der Waals surface area contributed by atoms with E-state index in [1.807, 2.05) is 18.2 Å². The number of benzene rings is 1. The van der Waals surface area contributed by atoms with Crippen LogP contribution in [0.5, 0.6) is 0 Å². The molecular formula is C13H16O2. The van der Waals surface area contributed by atoms with Crippen molar-refractivity contribution in [1.82, 2.24) is 0 Å². The Morgan fingerprint density at radius 2 is 2.07 bits per heavy atom. The van der Waals surface area contributed by atoms with Crippen molar-refractivity contribution in [3.05, 3.63) is 42.0 Å². The molecule has 1 rings (SSSR count). The summed E-state index contributed by atoms with van der Waals surface area (Å²) in [5, 5.41) is 0. The summed E-state index contributed by atoms with van der Waals surface area (Å²) in [5.74, 6) is -0.141. The third kappa shape index (κ3) is 3.98.